The summed E-state index contributed by atoms with van der Waals surface area (Å²) in [6, 6.07) is 6.62. The maximum atomic E-state index is 12.2. The van der Waals surface area contributed by atoms with Crippen LogP contribution in [0.25, 0.3) is 5.69 Å². The highest BCUT2D eigenvalue weighted by Gasteiger charge is 2.22. The van der Waals surface area contributed by atoms with Crippen LogP contribution in [0.2, 0.25) is 0 Å². The number of hydrogen-bond acceptors (Lipinski definition) is 4. The quantitative estimate of drug-likeness (QED) is 0.808. The Morgan fingerprint density at radius 2 is 1.92 bits per heavy atom. The largest absolute Gasteiger partial charge is 0.345 e. The normalized spacial score (nSPS) is 12.5. The molecule has 0 aliphatic heterocycles. The highest BCUT2D eigenvalue weighted by atomic mass is 16.2. The van der Waals surface area contributed by atoms with Crippen molar-refractivity contribution in [1.29, 1.82) is 0 Å². The van der Waals surface area contributed by atoms with E-state index in [4.69, 9.17) is 0 Å². The molecular formula is C18H25N5O2. The molecule has 1 heterocycles. The van der Waals surface area contributed by atoms with Crippen molar-refractivity contribution in [1.82, 2.24) is 20.1 Å². The molecule has 7 heteroatoms. The van der Waals surface area contributed by atoms with Gasteiger partial charge in [-0.2, -0.15) is 5.10 Å². The molecule has 2 aromatic rings. The van der Waals surface area contributed by atoms with Crippen LogP contribution in [0.4, 0.5) is 5.69 Å². The van der Waals surface area contributed by atoms with Crippen LogP contribution in [-0.2, 0) is 9.59 Å². The number of amides is 2. The summed E-state index contributed by atoms with van der Waals surface area (Å²) in [5.41, 5.74) is 1.43. The van der Waals surface area contributed by atoms with E-state index >= 15 is 0 Å². The van der Waals surface area contributed by atoms with Gasteiger partial charge in [-0.25, -0.2) is 9.67 Å². The van der Waals surface area contributed by atoms with E-state index in [-0.39, 0.29) is 17.2 Å². The fourth-order valence-corrected chi connectivity index (χ4v) is 2.21. The number of nitrogens with zero attached hydrogens (tertiary/aromatic N) is 3. The van der Waals surface area contributed by atoms with E-state index in [1.54, 1.807) is 30.1 Å². The molecule has 0 radical (unpaired) electrons. The second-order valence-electron chi connectivity index (χ2n) is 6.86. The van der Waals surface area contributed by atoms with E-state index in [1.807, 2.05) is 32.9 Å². The van der Waals surface area contributed by atoms with Crippen LogP contribution in [0.5, 0.6) is 0 Å². The lowest BCUT2D eigenvalue weighted by molar-refractivity contribution is -0.127. The monoisotopic (exact) mass is 343 g/mol. The lowest BCUT2D eigenvalue weighted by atomic mass is 9.86. The van der Waals surface area contributed by atoms with Gasteiger partial charge in [-0.15, -0.1) is 0 Å². The molecule has 0 aliphatic rings. The van der Waals surface area contributed by atoms with Crippen molar-refractivity contribution in [3.8, 4) is 5.69 Å². The Morgan fingerprint density at radius 1 is 1.24 bits per heavy atom. The predicted octanol–water partition coefficient (Wildman–Crippen LogP) is 2.54. The summed E-state index contributed by atoms with van der Waals surface area (Å²) in [7, 11) is 0. The molecule has 2 amide bonds. The first-order chi connectivity index (χ1) is 11.8. The third kappa shape index (κ3) is 5.41. The number of nitrogens with one attached hydrogen (secondary N) is 2. The first-order valence-corrected chi connectivity index (χ1v) is 8.36. The molecule has 0 aliphatic carbocycles. The molecule has 0 saturated heterocycles. The number of rotatable bonds is 7. The molecule has 0 fully saturated rings. The summed E-state index contributed by atoms with van der Waals surface area (Å²) >= 11 is 0. The number of hydrogen-bond donors (Lipinski definition) is 2. The SMILES string of the molecule is CCC(C)(C)CC(=O)N[C@H](C)C(=O)Nc1ccc(-n2cncn2)cc1. The van der Waals surface area contributed by atoms with E-state index in [0.29, 0.717) is 12.1 Å². The first kappa shape index (κ1) is 18.6. The molecule has 7 nitrogen and oxygen atoms in total. The van der Waals surface area contributed by atoms with Crippen molar-refractivity contribution in [2.24, 2.45) is 5.41 Å². The molecule has 2 N–H and O–H groups in total. The Bertz CT molecular complexity index is 708. The number of carbonyl (C=O) groups is 2. The van der Waals surface area contributed by atoms with E-state index in [2.05, 4.69) is 20.7 Å². The van der Waals surface area contributed by atoms with Gasteiger partial charge in [-0.1, -0.05) is 27.2 Å². The third-order valence-corrected chi connectivity index (χ3v) is 4.19. The zero-order valence-electron chi connectivity index (χ0n) is 15.1. The minimum Gasteiger partial charge on any atom is -0.345 e. The molecule has 1 atom stereocenters. The molecule has 1 aromatic heterocycles. The molecule has 2 rings (SSSR count). The maximum absolute atomic E-state index is 12.2. The number of benzene rings is 1. The van der Waals surface area contributed by atoms with Crippen LogP contribution >= 0.6 is 0 Å². The van der Waals surface area contributed by atoms with Gasteiger partial charge in [0.15, 0.2) is 0 Å². The summed E-state index contributed by atoms with van der Waals surface area (Å²) < 4.78 is 1.63. The Morgan fingerprint density at radius 3 is 2.48 bits per heavy atom. The number of anilines is 1. The van der Waals surface area contributed by atoms with Crippen molar-refractivity contribution in [2.75, 3.05) is 5.32 Å². The predicted molar refractivity (Wildman–Crippen MR) is 96.3 cm³/mol. The standard InChI is InChI=1S/C18H25N5O2/c1-5-18(3,4)10-16(24)21-13(2)17(25)22-14-6-8-15(9-7-14)23-12-19-11-20-23/h6-9,11-13H,5,10H2,1-4H3,(H,21,24)(H,22,25)/t13-/m1/s1. The van der Waals surface area contributed by atoms with Gasteiger partial charge in [0.1, 0.15) is 18.7 Å². The van der Waals surface area contributed by atoms with Gasteiger partial charge in [0.25, 0.3) is 0 Å². The summed E-state index contributed by atoms with van der Waals surface area (Å²) in [5, 5.41) is 9.59. The van der Waals surface area contributed by atoms with Gasteiger partial charge >= 0.3 is 0 Å². The van der Waals surface area contributed by atoms with Crippen LogP contribution in [0.15, 0.2) is 36.9 Å². The summed E-state index contributed by atoms with van der Waals surface area (Å²) in [4.78, 5) is 28.2. The minimum atomic E-state index is -0.602. The second-order valence-corrected chi connectivity index (χ2v) is 6.86. The van der Waals surface area contributed by atoms with Gasteiger partial charge in [-0.05, 0) is 36.6 Å². The van der Waals surface area contributed by atoms with Crippen molar-refractivity contribution >= 4 is 17.5 Å². The van der Waals surface area contributed by atoms with Gasteiger partial charge in [-0.3, -0.25) is 9.59 Å². The Kier molecular flexibility index (Phi) is 5.90. The van der Waals surface area contributed by atoms with Gasteiger partial charge < -0.3 is 10.6 Å². The number of aromatic nitrogens is 3. The Hall–Kier alpha value is -2.70. The molecule has 134 valence electrons. The van der Waals surface area contributed by atoms with Gasteiger partial charge in [0, 0.05) is 12.1 Å². The maximum Gasteiger partial charge on any atom is 0.246 e. The topological polar surface area (TPSA) is 88.9 Å². The molecule has 0 bridgehead atoms. The second kappa shape index (κ2) is 7.92. The minimum absolute atomic E-state index is 0.0720. The van der Waals surface area contributed by atoms with Crippen molar-refractivity contribution in [2.45, 2.75) is 46.6 Å². The summed E-state index contributed by atoms with van der Waals surface area (Å²) in [6.45, 7) is 7.80. The van der Waals surface area contributed by atoms with Crippen molar-refractivity contribution in [3.63, 3.8) is 0 Å². The Balaban J connectivity index is 1.89. The lowest BCUT2D eigenvalue weighted by Gasteiger charge is -2.23. The van der Waals surface area contributed by atoms with Crippen LogP contribution in [-0.4, -0.2) is 32.6 Å². The average Bonchev–Trinajstić information content (AvgIpc) is 3.09. The van der Waals surface area contributed by atoms with Crippen LogP contribution in [0.1, 0.15) is 40.5 Å². The van der Waals surface area contributed by atoms with E-state index in [9.17, 15) is 9.59 Å². The molecule has 1 aromatic carbocycles. The highest BCUT2D eigenvalue weighted by molar-refractivity contribution is 5.97. The smallest absolute Gasteiger partial charge is 0.246 e. The van der Waals surface area contributed by atoms with Crippen LogP contribution < -0.4 is 10.6 Å². The molecule has 0 unspecified atom stereocenters. The fraction of sp³-hybridized carbons (Fsp3) is 0.444. The van der Waals surface area contributed by atoms with Crippen molar-refractivity contribution in [3.05, 3.63) is 36.9 Å². The zero-order chi connectivity index (χ0) is 18.4. The van der Waals surface area contributed by atoms with E-state index in [1.165, 1.54) is 6.33 Å². The molecular weight excluding hydrogens is 318 g/mol. The van der Waals surface area contributed by atoms with Crippen molar-refractivity contribution < 1.29 is 9.59 Å². The molecule has 0 saturated carbocycles. The third-order valence-electron chi connectivity index (χ3n) is 4.19. The van der Waals surface area contributed by atoms with E-state index in [0.717, 1.165) is 12.1 Å². The summed E-state index contributed by atoms with van der Waals surface area (Å²) in [6.07, 6.45) is 4.36. The van der Waals surface area contributed by atoms with Gasteiger partial charge in [0.2, 0.25) is 11.8 Å². The average molecular weight is 343 g/mol. The fourth-order valence-electron chi connectivity index (χ4n) is 2.21. The molecule has 0 spiro atoms. The van der Waals surface area contributed by atoms with Gasteiger partial charge in [0.05, 0.1) is 5.69 Å². The zero-order valence-corrected chi connectivity index (χ0v) is 15.1. The summed E-state index contributed by atoms with van der Waals surface area (Å²) in [5.74, 6) is -0.368. The molecule has 25 heavy (non-hydrogen) atoms. The lowest BCUT2D eigenvalue weighted by Crippen LogP contribution is -2.42. The Labute approximate surface area is 147 Å². The first-order valence-electron chi connectivity index (χ1n) is 8.36. The highest BCUT2D eigenvalue weighted by Crippen LogP contribution is 2.24. The van der Waals surface area contributed by atoms with Crippen LogP contribution in [0.3, 0.4) is 0 Å². The number of carbonyl (C=O) groups excluding carboxylic acids is 2. The van der Waals surface area contributed by atoms with Crippen LogP contribution in [0, 0.1) is 5.41 Å². The van der Waals surface area contributed by atoms with E-state index < -0.39 is 6.04 Å².